The molecular weight excluding hydrogens is 332 g/mol. The van der Waals surface area contributed by atoms with Crippen molar-refractivity contribution in [2.45, 2.75) is 31.3 Å². The Hall–Kier alpha value is -1.21. The van der Waals surface area contributed by atoms with Gasteiger partial charge in [0.05, 0.1) is 16.8 Å². The van der Waals surface area contributed by atoms with Gasteiger partial charge in [0.1, 0.15) is 0 Å². The van der Waals surface area contributed by atoms with Crippen LogP contribution < -0.4 is 10.6 Å². The maximum Gasteiger partial charge on any atom is 0.240 e. The van der Waals surface area contributed by atoms with Crippen LogP contribution in [0, 0.1) is 0 Å². The van der Waals surface area contributed by atoms with Crippen molar-refractivity contribution >= 4 is 45.0 Å². The Morgan fingerprint density at radius 2 is 2.13 bits per heavy atom. The summed E-state index contributed by atoms with van der Waals surface area (Å²) in [5.74, 6) is 0.0387. The molecule has 1 aromatic carbocycles. The molecule has 7 heteroatoms. The van der Waals surface area contributed by atoms with Gasteiger partial charge in [0.2, 0.25) is 5.91 Å². The lowest BCUT2D eigenvalue weighted by Crippen LogP contribution is -2.39. The Morgan fingerprint density at radius 1 is 1.30 bits per heavy atom. The lowest BCUT2D eigenvalue weighted by Gasteiger charge is -2.22. The van der Waals surface area contributed by atoms with Crippen LogP contribution in [0.3, 0.4) is 0 Å². The van der Waals surface area contributed by atoms with Gasteiger partial charge < -0.3 is 10.6 Å². The molecule has 2 unspecified atom stereocenters. The summed E-state index contributed by atoms with van der Waals surface area (Å²) in [7, 11) is 0. The van der Waals surface area contributed by atoms with Crippen molar-refractivity contribution in [3.63, 3.8) is 0 Å². The number of aromatic nitrogens is 1. The third kappa shape index (κ3) is 3.83. The van der Waals surface area contributed by atoms with Gasteiger partial charge in [0.15, 0.2) is 5.13 Å². The maximum atomic E-state index is 12.3. The summed E-state index contributed by atoms with van der Waals surface area (Å²) in [6.45, 7) is 2.44. The summed E-state index contributed by atoms with van der Waals surface area (Å²) in [6.07, 6.45) is 3.67. The predicted molar refractivity (Wildman–Crippen MR) is 96.5 cm³/mol. The number of carbonyl (C=O) groups is 1. The van der Waals surface area contributed by atoms with E-state index in [9.17, 15) is 4.79 Å². The van der Waals surface area contributed by atoms with Gasteiger partial charge in [-0.25, -0.2) is 4.98 Å². The minimum Gasteiger partial charge on any atom is -0.310 e. The van der Waals surface area contributed by atoms with Crippen LogP contribution in [0.15, 0.2) is 24.3 Å². The average molecular weight is 353 g/mol. The van der Waals surface area contributed by atoms with E-state index >= 15 is 0 Å². The molecule has 2 aliphatic heterocycles. The molecule has 2 aromatic rings. The van der Waals surface area contributed by atoms with Crippen LogP contribution in [0.1, 0.15) is 19.3 Å². The first-order valence-electron chi connectivity index (χ1n) is 7.90. The molecule has 0 radical (unpaired) electrons. The van der Waals surface area contributed by atoms with Crippen molar-refractivity contribution in [1.82, 2.24) is 15.2 Å². The van der Waals surface area contributed by atoms with Crippen LogP contribution in [0.2, 0.25) is 0 Å². The summed E-state index contributed by atoms with van der Waals surface area (Å²) in [4.78, 5) is 19.0. The van der Waals surface area contributed by atoms with E-state index in [0.29, 0.717) is 23.8 Å². The summed E-state index contributed by atoms with van der Waals surface area (Å²) in [5.41, 5.74) is 0.944. The van der Waals surface area contributed by atoms with Gasteiger partial charge in [0.25, 0.3) is 0 Å². The smallest absolute Gasteiger partial charge is 0.240 e. The molecule has 0 saturated carbocycles. The van der Waals surface area contributed by atoms with Crippen molar-refractivity contribution in [2.24, 2.45) is 0 Å². The molecular formula is C16H21ClN4OS. The summed E-state index contributed by atoms with van der Waals surface area (Å²) in [5, 5.41) is 7.28. The molecule has 2 atom stereocenters. The molecule has 2 bridgehead atoms. The van der Waals surface area contributed by atoms with E-state index in [2.05, 4.69) is 20.5 Å². The molecule has 1 aromatic heterocycles. The highest BCUT2D eigenvalue weighted by atomic mass is 35.5. The van der Waals surface area contributed by atoms with Gasteiger partial charge in [-0.3, -0.25) is 9.69 Å². The highest BCUT2D eigenvalue weighted by molar-refractivity contribution is 7.22. The topological polar surface area (TPSA) is 57.3 Å². The van der Waals surface area contributed by atoms with Crippen LogP contribution in [0.5, 0.6) is 0 Å². The van der Waals surface area contributed by atoms with Crippen molar-refractivity contribution < 1.29 is 4.79 Å². The first-order chi connectivity index (χ1) is 10.8. The van der Waals surface area contributed by atoms with Gasteiger partial charge in [-0.1, -0.05) is 23.5 Å². The number of carbonyl (C=O) groups excluding carboxylic acids is 1. The zero-order valence-corrected chi connectivity index (χ0v) is 14.5. The number of amides is 1. The van der Waals surface area contributed by atoms with Crippen molar-refractivity contribution in [2.75, 3.05) is 25.0 Å². The van der Waals surface area contributed by atoms with E-state index in [4.69, 9.17) is 0 Å². The number of nitrogens with zero attached hydrogens (tertiary/aromatic N) is 2. The molecule has 124 valence electrons. The standard InChI is InChI=1S/C16H20N4OS.ClH/c21-15(10-20-8-7-11-5-6-12(9-20)17-11)19-16-18-13-3-1-2-4-14(13)22-16;/h1-4,11-12,17H,5-10H2,(H,18,19,21);1H. The number of likely N-dealkylation sites (tertiary alicyclic amines) is 1. The fraction of sp³-hybridized carbons (Fsp3) is 0.500. The van der Waals surface area contributed by atoms with Gasteiger partial charge in [-0.15, -0.1) is 12.4 Å². The number of anilines is 1. The Balaban J connectivity index is 0.00000156. The van der Waals surface area contributed by atoms with E-state index in [1.807, 2.05) is 24.3 Å². The van der Waals surface area contributed by atoms with E-state index in [0.717, 1.165) is 29.7 Å². The second kappa shape index (κ2) is 7.13. The Labute approximate surface area is 145 Å². The molecule has 5 nitrogen and oxygen atoms in total. The first-order valence-corrected chi connectivity index (χ1v) is 8.72. The molecule has 23 heavy (non-hydrogen) atoms. The van der Waals surface area contributed by atoms with Gasteiger partial charge in [-0.05, 0) is 31.4 Å². The summed E-state index contributed by atoms with van der Waals surface area (Å²) >= 11 is 1.53. The minimum atomic E-state index is 0. The molecule has 2 saturated heterocycles. The fourth-order valence-electron chi connectivity index (χ4n) is 3.45. The van der Waals surface area contributed by atoms with E-state index in [1.165, 1.54) is 24.2 Å². The van der Waals surface area contributed by atoms with E-state index in [1.54, 1.807) is 0 Å². The molecule has 0 aliphatic carbocycles. The highest BCUT2D eigenvalue weighted by Crippen LogP contribution is 2.25. The van der Waals surface area contributed by atoms with Crippen molar-refractivity contribution in [3.8, 4) is 0 Å². The molecule has 2 aliphatic rings. The molecule has 0 spiro atoms. The Kier molecular flexibility index (Phi) is 5.16. The molecule has 3 heterocycles. The second-order valence-electron chi connectivity index (χ2n) is 6.20. The van der Waals surface area contributed by atoms with E-state index in [-0.39, 0.29) is 18.3 Å². The van der Waals surface area contributed by atoms with Crippen LogP contribution >= 0.6 is 23.7 Å². The van der Waals surface area contributed by atoms with Crippen LogP contribution in [-0.2, 0) is 4.79 Å². The molecule has 4 rings (SSSR count). The number of fused-ring (bicyclic) bond motifs is 3. The minimum absolute atomic E-state index is 0. The van der Waals surface area contributed by atoms with Crippen LogP contribution in [0.4, 0.5) is 5.13 Å². The third-order valence-electron chi connectivity index (χ3n) is 4.51. The van der Waals surface area contributed by atoms with Gasteiger partial charge in [-0.2, -0.15) is 0 Å². The number of nitrogens with one attached hydrogen (secondary N) is 2. The van der Waals surface area contributed by atoms with Crippen LogP contribution in [0.25, 0.3) is 10.2 Å². The van der Waals surface area contributed by atoms with E-state index < -0.39 is 0 Å². The lowest BCUT2D eigenvalue weighted by molar-refractivity contribution is -0.117. The normalized spacial score (nSPS) is 24.2. The third-order valence-corrected chi connectivity index (χ3v) is 5.47. The monoisotopic (exact) mass is 352 g/mol. The molecule has 1 amide bonds. The first kappa shape index (κ1) is 16.6. The average Bonchev–Trinajstić information content (AvgIpc) is 3.04. The number of halogens is 1. The number of benzene rings is 1. The SMILES string of the molecule is Cl.O=C(CN1CCC2CCC(C1)N2)Nc1nc2ccccc2s1. The predicted octanol–water partition coefficient (Wildman–Crippen LogP) is 2.48. The summed E-state index contributed by atoms with van der Waals surface area (Å²) in [6, 6.07) is 9.17. The fourth-order valence-corrected chi connectivity index (χ4v) is 4.33. The largest absolute Gasteiger partial charge is 0.310 e. The number of hydrogen-bond donors (Lipinski definition) is 2. The Bertz CT molecular complexity index is 659. The zero-order valence-electron chi connectivity index (χ0n) is 12.8. The van der Waals surface area contributed by atoms with Gasteiger partial charge in [0, 0.05) is 25.2 Å². The maximum absolute atomic E-state index is 12.3. The molecule has 2 N–H and O–H groups in total. The quantitative estimate of drug-likeness (QED) is 0.891. The van der Waals surface area contributed by atoms with Crippen molar-refractivity contribution in [3.05, 3.63) is 24.3 Å². The summed E-state index contributed by atoms with van der Waals surface area (Å²) < 4.78 is 1.11. The zero-order chi connectivity index (χ0) is 14.9. The highest BCUT2D eigenvalue weighted by Gasteiger charge is 2.29. The Morgan fingerprint density at radius 3 is 3.00 bits per heavy atom. The van der Waals surface area contributed by atoms with Gasteiger partial charge >= 0.3 is 0 Å². The lowest BCUT2D eigenvalue weighted by atomic mass is 10.1. The van der Waals surface area contributed by atoms with Crippen molar-refractivity contribution in [1.29, 1.82) is 0 Å². The number of thiazole rings is 1. The second-order valence-corrected chi connectivity index (χ2v) is 7.23. The molecule has 2 fully saturated rings. The van der Waals surface area contributed by atoms with Crippen LogP contribution in [-0.4, -0.2) is 47.5 Å². The number of rotatable bonds is 3. The number of para-hydroxylation sites is 1. The number of hydrogen-bond acceptors (Lipinski definition) is 5.